The minimum absolute atomic E-state index is 0.145. The number of hydrogen-bond acceptors (Lipinski definition) is 0. The predicted octanol–water partition coefficient (Wildman–Crippen LogP) is 10.7. The molecule has 4 aromatic rings. The van der Waals surface area contributed by atoms with Crippen LogP contribution in [0.4, 0.5) is 0 Å². The summed E-state index contributed by atoms with van der Waals surface area (Å²) in [5.74, 6) is 0. The summed E-state index contributed by atoms with van der Waals surface area (Å²) in [4.78, 5) is 0. The Hall–Kier alpha value is -3.21. The van der Waals surface area contributed by atoms with Crippen molar-refractivity contribution in [2.24, 2.45) is 0 Å². The van der Waals surface area contributed by atoms with Gasteiger partial charge in [0, 0.05) is 5.66 Å². The zero-order chi connectivity index (χ0) is 26.9. The first kappa shape index (κ1) is 26.4. The molecule has 0 saturated carbocycles. The van der Waals surface area contributed by atoms with Crippen LogP contribution in [0.2, 0.25) is 0 Å². The molecule has 0 radical (unpaired) electrons. The Morgan fingerprint density at radius 1 is 0.395 bits per heavy atom. The molecule has 0 aromatic heterocycles. The molecule has 5 rings (SSSR count). The summed E-state index contributed by atoms with van der Waals surface area (Å²) >= 11 is 0. The van der Waals surface area contributed by atoms with E-state index in [1.807, 2.05) is 0 Å². The average molecular weight is 515 g/mol. The summed E-state index contributed by atoms with van der Waals surface area (Å²) in [7, 11) is -0.519. The van der Waals surface area contributed by atoms with Crippen molar-refractivity contribution in [2.45, 2.75) is 57.5 Å². The lowest BCUT2D eigenvalue weighted by Crippen LogP contribution is -2.32. The summed E-state index contributed by atoms with van der Waals surface area (Å²) < 4.78 is 0. The normalized spacial score (nSPS) is 15.0. The van der Waals surface area contributed by atoms with Gasteiger partial charge in [0.2, 0.25) is 0 Å². The van der Waals surface area contributed by atoms with Crippen LogP contribution in [0, 0.1) is 0 Å². The monoisotopic (exact) mass is 514 g/mol. The lowest BCUT2D eigenvalue weighted by atomic mass is 9.89. The molecule has 0 saturated heterocycles. The molecular weight excluding hydrogens is 475 g/mol. The summed E-state index contributed by atoms with van der Waals surface area (Å²) in [5, 5.41) is 0.290. The van der Waals surface area contributed by atoms with Gasteiger partial charge in [-0.2, -0.15) is 0 Å². The predicted molar refractivity (Wildman–Crippen MR) is 170 cm³/mol. The van der Waals surface area contributed by atoms with E-state index in [0.29, 0.717) is 5.66 Å². The fraction of sp³-hybridized carbons (Fsp3) is 0.243. The fourth-order valence-electron chi connectivity index (χ4n) is 6.38. The molecule has 1 heteroatoms. The maximum atomic E-state index is 2.46. The van der Waals surface area contributed by atoms with E-state index >= 15 is 0 Å². The van der Waals surface area contributed by atoms with E-state index < -0.39 is 7.92 Å². The SMILES string of the molecule is CC(C)(C)P(C1C(c2ccccc2)=C(c2ccccc2)C(c2ccccc2)=C1c1ccccc1)C(C)(C)C. The summed E-state index contributed by atoms with van der Waals surface area (Å²) in [6, 6.07) is 44.5. The van der Waals surface area contributed by atoms with Crippen molar-refractivity contribution in [3.05, 3.63) is 144 Å². The van der Waals surface area contributed by atoms with Crippen LogP contribution in [0.1, 0.15) is 63.8 Å². The van der Waals surface area contributed by atoms with Crippen molar-refractivity contribution in [3.63, 3.8) is 0 Å². The fourth-order valence-corrected chi connectivity index (χ4v) is 11.0. The molecule has 0 unspecified atom stereocenters. The Balaban J connectivity index is 1.99. The van der Waals surface area contributed by atoms with Gasteiger partial charge >= 0.3 is 0 Å². The van der Waals surface area contributed by atoms with Gasteiger partial charge in [-0.25, -0.2) is 0 Å². The lowest BCUT2D eigenvalue weighted by Gasteiger charge is -2.47. The van der Waals surface area contributed by atoms with Crippen molar-refractivity contribution in [2.75, 3.05) is 0 Å². The molecule has 192 valence electrons. The van der Waals surface area contributed by atoms with E-state index in [-0.39, 0.29) is 10.3 Å². The molecule has 4 aromatic carbocycles. The average Bonchev–Trinajstić information content (AvgIpc) is 3.24. The lowest BCUT2D eigenvalue weighted by molar-refractivity contribution is 0.703. The highest BCUT2D eigenvalue weighted by molar-refractivity contribution is 7.63. The standard InChI is InChI=1S/C37H39P/c1-36(2,3)38(37(4,5)6)35-33(29-23-15-9-16-24-29)31(27-19-11-7-12-20-27)32(28-21-13-8-14-22-28)34(35)30-25-17-10-18-26-30/h7-26,35H,1-6H3. The number of benzene rings is 4. The molecular formula is C37H39P. The molecule has 0 N–H and O–H groups in total. The van der Waals surface area contributed by atoms with E-state index in [9.17, 15) is 0 Å². The number of hydrogen-bond donors (Lipinski definition) is 0. The summed E-state index contributed by atoms with van der Waals surface area (Å²) in [6.07, 6.45) is 0. The van der Waals surface area contributed by atoms with Crippen LogP contribution in [-0.2, 0) is 0 Å². The van der Waals surface area contributed by atoms with Crippen LogP contribution >= 0.6 is 7.92 Å². The Bertz CT molecular complexity index is 1320. The van der Waals surface area contributed by atoms with Crippen LogP contribution in [0.5, 0.6) is 0 Å². The number of allylic oxidation sites excluding steroid dienone is 4. The van der Waals surface area contributed by atoms with E-state index in [1.54, 1.807) is 0 Å². The molecule has 1 aliphatic rings. The molecule has 0 nitrogen and oxygen atoms in total. The van der Waals surface area contributed by atoms with Gasteiger partial charge in [0.15, 0.2) is 0 Å². The quantitative estimate of drug-likeness (QED) is 0.232. The Labute approximate surface area is 230 Å². The highest BCUT2D eigenvalue weighted by Crippen LogP contribution is 2.71. The second-order valence-electron chi connectivity index (χ2n) is 12.2. The molecule has 0 heterocycles. The molecule has 0 atom stereocenters. The first-order chi connectivity index (χ1) is 18.2. The summed E-state index contributed by atoms with van der Waals surface area (Å²) in [6.45, 7) is 14.7. The van der Waals surface area contributed by atoms with Gasteiger partial charge in [-0.3, -0.25) is 0 Å². The van der Waals surface area contributed by atoms with Gasteiger partial charge in [0.25, 0.3) is 0 Å². The highest BCUT2D eigenvalue weighted by atomic mass is 31.1. The first-order valence-corrected chi connectivity index (χ1v) is 15.1. The smallest absolute Gasteiger partial charge is 0.0325 e. The third-order valence-electron chi connectivity index (χ3n) is 7.33. The van der Waals surface area contributed by atoms with Crippen molar-refractivity contribution in [1.29, 1.82) is 0 Å². The topological polar surface area (TPSA) is 0 Å². The Morgan fingerprint density at radius 2 is 0.658 bits per heavy atom. The third kappa shape index (κ3) is 5.08. The van der Waals surface area contributed by atoms with E-state index in [0.717, 1.165) is 0 Å². The molecule has 0 bridgehead atoms. The molecule has 1 aliphatic carbocycles. The van der Waals surface area contributed by atoms with E-state index in [4.69, 9.17) is 0 Å². The van der Waals surface area contributed by atoms with Crippen molar-refractivity contribution in [1.82, 2.24) is 0 Å². The largest absolute Gasteiger partial charge is 0.0833 e. The minimum atomic E-state index is -0.519. The zero-order valence-corrected chi connectivity index (χ0v) is 24.5. The first-order valence-electron chi connectivity index (χ1n) is 13.7. The maximum Gasteiger partial charge on any atom is 0.0325 e. The second-order valence-corrected chi connectivity index (χ2v) is 16.1. The molecule has 38 heavy (non-hydrogen) atoms. The van der Waals surface area contributed by atoms with Crippen molar-refractivity contribution >= 4 is 30.2 Å². The maximum absolute atomic E-state index is 2.46. The van der Waals surface area contributed by atoms with Crippen molar-refractivity contribution < 1.29 is 0 Å². The van der Waals surface area contributed by atoms with Gasteiger partial charge in [-0.15, -0.1) is 0 Å². The van der Waals surface area contributed by atoms with Crippen LogP contribution in [-0.4, -0.2) is 16.0 Å². The molecule has 0 aliphatic heterocycles. The van der Waals surface area contributed by atoms with Gasteiger partial charge in [-0.05, 0) is 54.9 Å². The van der Waals surface area contributed by atoms with Gasteiger partial charge in [-0.1, -0.05) is 171 Å². The van der Waals surface area contributed by atoms with Crippen molar-refractivity contribution in [3.8, 4) is 0 Å². The number of rotatable bonds is 5. The molecule has 0 fully saturated rings. The van der Waals surface area contributed by atoms with Crippen LogP contribution < -0.4 is 0 Å². The van der Waals surface area contributed by atoms with Gasteiger partial charge in [0.05, 0.1) is 0 Å². The zero-order valence-electron chi connectivity index (χ0n) is 23.6. The van der Waals surface area contributed by atoms with Crippen LogP contribution in [0.3, 0.4) is 0 Å². The second kappa shape index (κ2) is 10.5. The van der Waals surface area contributed by atoms with E-state index in [2.05, 4.69) is 163 Å². The van der Waals surface area contributed by atoms with Gasteiger partial charge in [0.1, 0.15) is 0 Å². The third-order valence-corrected chi connectivity index (χ3v) is 11.3. The van der Waals surface area contributed by atoms with Gasteiger partial charge < -0.3 is 0 Å². The minimum Gasteiger partial charge on any atom is -0.0833 e. The molecule has 0 spiro atoms. The molecule has 0 amide bonds. The highest BCUT2D eigenvalue weighted by Gasteiger charge is 2.48. The Morgan fingerprint density at radius 3 is 0.921 bits per heavy atom. The van der Waals surface area contributed by atoms with Crippen LogP contribution in [0.25, 0.3) is 22.3 Å². The Kier molecular flexibility index (Phi) is 7.30. The summed E-state index contributed by atoms with van der Waals surface area (Å²) in [5.41, 5.74) is 11.3. The van der Waals surface area contributed by atoms with Crippen LogP contribution in [0.15, 0.2) is 121 Å². The van der Waals surface area contributed by atoms with E-state index in [1.165, 1.54) is 44.5 Å².